The molecule has 0 aliphatic heterocycles. The number of aryl methyl sites for hydroxylation is 3. The van der Waals surface area contributed by atoms with E-state index in [1.807, 2.05) is 39.1 Å². The van der Waals surface area contributed by atoms with Gasteiger partial charge in [0.2, 0.25) is 0 Å². The average Bonchev–Trinajstić information content (AvgIpc) is 3.10. The van der Waals surface area contributed by atoms with Crippen LogP contribution in [0.25, 0.3) is 0 Å². The van der Waals surface area contributed by atoms with Gasteiger partial charge in [0.1, 0.15) is 5.82 Å². The summed E-state index contributed by atoms with van der Waals surface area (Å²) in [6, 6.07) is 8.18. The maximum atomic E-state index is 13.1. The van der Waals surface area contributed by atoms with Crippen molar-refractivity contribution in [2.75, 3.05) is 0 Å². The van der Waals surface area contributed by atoms with Gasteiger partial charge in [-0.15, -0.1) is 0 Å². The first-order chi connectivity index (χ1) is 14.6. The third-order valence-electron chi connectivity index (χ3n) is 5.17. The highest BCUT2D eigenvalue weighted by Gasteiger charge is 2.22. The fourth-order valence-corrected chi connectivity index (χ4v) is 3.75. The van der Waals surface area contributed by atoms with Crippen molar-refractivity contribution >= 4 is 6.03 Å². The Morgan fingerprint density at radius 1 is 1.10 bits per heavy atom. The van der Waals surface area contributed by atoms with E-state index in [2.05, 4.69) is 52.8 Å². The van der Waals surface area contributed by atoms with Gasteiger partial charge in [-0.05, 0) is 69.9 Å². The van der Waals surface area contributed by atoms with Gasteiger partial charge in [0.05, 0.1) is 6.54 Å². The molecular weight excluding hydrogens is 386 g/mol. The van der Waals surface area contributed by atoms with Crippen molar-refractivity contribution in [3.8, 4) is 0 Å². The van der Waals surface area contributed by atoms with E-state index >= 15 is 0 Å². The molecule has 3 rings (SSSR count). The Bertz CT molecular complexity index is 1010. The number of carbonyl (C=O) groups excluding carboxylic acids is 1. The Morgan fingerprint density at radius 3 is 2.42 bits per heavy atom. The van der Waals surface area contributed by atoms with Crippen LogP contribution >= 0.6 is 0 Å². The highest BCUT2D eigenvalue weighted by molar-refractivity contribution is 5.74. The molecule has 0 saturated heterocycles. The summed E-state index contributed by atoms with van der Waals surface area (Å²) >= 11 is 0. The van der Waals surface area contributed by atoms with Crippen LogP contribution in [0, 0.1) is 20.8 Å². The summed E-state index contributed by atoms with van der Waals surface area (Å²) < 4.78 is 2.13. The number of amides is 2. The van der Waals surface area contributed by atoms with E-state index in [4.69, 9.17) is 0 Å². The standard InChI is InChI=1S/C25H33N5O/c1-18-12-19(2)22(20(3)13-18)16-29-11-10-27-23(29)17-30(24(31)28-25(4,5)6)15-21-8-7-9-26-14-21/h7-14H,15-17H2,1-6H3,(H,28,31). The molecule has 0 bridgehead atoms. The Labute approximate surface area is 185 Å². The van der Waals surface area contributed by atoms with Crippen LogP contribution in [0.15, 0.2) is 49.1 Å². The molecule has 6 heteroatoms. The van der Waals surface area contributed by atoms with E-state index in [1.165, 1.54) is 22.3 Å². The maximum Gasteiger partial charge on any atom is 0.318 e. The average molecular weight is 420 g/mol. The van der Waals surface area contributed by atoms with Crippen molar-refractivity contribution in [1.82, 2.24) is 24.8 Å². The highest BCUT2D eigenvalue weighted by Crippen LogP contribution is 2.19. The largest absolute Gasteiger partial charge is 0.333 e. The monoisotopic (exact) mass is 419 g/mol. The number of hydrogen-bond acceptors (Lipinski definition) is 3. The first-order valence-electron chi connectivity index (χ1n) is 10.6. The maximum absolute atomic E-state index is 13.1. The number of nitrogens with one attached hydrogen (secondary N) is 1. The van der Waals surface area contributed by atoms with Crippen LogP contribution in [0.2, 0.25) is 0 Å². The molecule has 0 aliphatic carbocycles. The fraction of sp³-hybridized carbons (Fsp3) is 0.400. The van der Waals surface area contributed by atoms with E-state index in [9.17, 15) is 4.79 Å². The summed E-state index contributed by atoms with van der Waals surface area (Å²) in [6.45, 7) is 14.0. The number of aromatic nitrogens is 3. The molecule has 1 N–H and O–H groups in total. The first kappa shape index (κ1) is 22.5. The van der Waals surface area contributed by atoms with Crippen LogP contribution in [0.1, 0.15) is 54.4 Å². The molecule has 2 aromatic heterocycles. The molecule has 0 saturated carbocycles. The minimum absolute atomic E-state index is 0.117. The zero-order valence-electron chi connectivity index (χ0n) is 19.4. The molecule has 164 valence electrons. The van der Waals surface area contributed by atoms with Gasteiger partial charge >= 0.3 is 6.03 Å². The molecule has 0 spiro atoms. The second-order valence-corrected chi connectivity index (χ2v) is 9.25. The number of nitrogens with zero attached hydrogens (tertiary/aromatic N) is 4. The van der Waals surface area contributed by atoms with Gasteiger partial charge in [-0.1, -0.05) is 23.8 Å². The number of pyridine rings is 1. The number of benzene rings is 1. The molecule has 0 atom stereocenters. The smallest absolute Gasteiger partial charge is 0.318 e. The Morgan fingerprint density at radius 2 is 1.81 bits per heavy atom. The molecule has 6 nitrogen and oxygen atoms in total. The van der Waals surface area contributed by atoms with Crippen LogP contribution in [-0.2, 0) is 19.6 Å². The molecular formula is C25H33N5O. The van der Waals surface area contributed by atoms with Gasteiger partial charge in [0.25, 0.3) is 0 Å². The van der Waals surface area contributed by atoms with Gasteiger partial charge < -0.3 is 14.8 Å². The Balaban J connectivity index is 1.85. The topological polar surface area (TPSA) is 63.1 Å². The second kappa shape index (κ2) is 9.33. The van der Waals surface area contributed by atoms with E-state index in [-0.39, 0.29) is 11.6 Å². The third kappa shape index (κ3) is 6.17. The summed E-state index contributed by atoms with van der Waals surface area (Å²) in [6.07, 6.45) is 7.32. The zero-order valence-corrected chi connectivity index (χ0v) is 19.4. The van der Waals surface area contributed by atoms with Crippen LogP contribution in [-0.4, -0.2) is 31.0 Å². The van der Waals surface area contributed by atoms with E-state index in [0.29, 0.717) is 13.1 Å². The molecule has 2 amide bonds. The molecule has 0 aliphatic rings. The number of urea groups is 1. The summed E-state index contributed by atoms with van der Waals surface area (Å²) in [5, 5.41) is 3.08. The van der Waals surface area contributed by atoms with E-state index in [1.54, 1.807) is 23.5 Å². The van der Waals surface area contributed by atoms with E-state index < -0.39 is 0 Å². The predicted octanol–water partition coefficient (Wildman–Crippen LogP) is 4.76. The lowest BCUT2D eigenvalue weighted by Gasteiger charge is -2.28. The minimum atomic E-state index is -0.324. The fourth-order valence-electron chi connectivity index (χ4n) is 3.75. The SMILES string of the molecule is Cc1cc(C)c(Cn2ccnc2CN(Cc2cccnc2)C(=O)NC(C)(C)C)c(C)c1. The summed E-state index contributed by atoms with van der Waals surface area (Å²) in [7, 11) is 0. The van der Waals surface area contributed by atoms with Crippen molar-refractivity contribution in [3.63, 3.8) is 0 Å². The summed E-state index contributed by atoms with van der Waals surface area (Å²) in [5.74, 6) is 0.854. The van der Waals surface area contributed by atoms with Crippen LogP contribution in [0.4, 0.5) is 4.79 Å². The number of rotatable bonds is 6. The summed E-state index contributed by atoms with van der Waals surface area (Å²) in [5.41, 5.74) is 5.77. The molecule has 0 unspecified atom stereocenters. The van der Waals surface area contributed by atoms with Crippen molar-refractivity contribution < 1.29 is 4.79 Å². The Kier molecular flexibility index (Phi) is 6.78. The van der Waals surface area contributed by atoms with Crippen LogP contribution in [0.3, 0.4) is 0 Å². The van der Waals surface area contributed by atoms with Crippen molar-refractivity contribution in [2.24, 2.45) is 0 Å². The third-order valence-corrected chi connectivity index (χ3v) is 5.17. The molecule has 3 aromatic rings. The van der Waals surface area contributed by atoms with Crippen molar-refractivity contribution in [3.05, 3.63) is 82.7 Å². The van der Waals surface area contributed by atoms with Gasteiger partial charge in [-0.25, -0.2) is 9.78 Å². The summed E-state index contributed by atoms with van der Waals surface area (Å²) in [4.78, 5) is 23.6. The van der Waals surface area contributed by atoms with Crippen molar-refractivity contribution in [1.29, 1.82) is 0 Å². The molecule has 0 fully saturated rings. The van der Waals surface area contributed by atoms with Crippen molar-refractivity contribution in [2.45, 2.75) is 66.7 Å². The quantitative estimate of drug-likeness (QED) is 0.626. The van der Waals surface area contributed by atoms with Gasteiger partial charge in [-0.2, -0.15) is 0 Å². The normalized spacial score (nSPS) is 11.4. The van der Waals surface area contributed by atoms with Crippen LogP contribution < -0.4 is 5.32 Å². The number of carbonyl (C=O) groups is 1. The van der Waals surface area contributed by atoms with E-state index in [0.717, 1.165) is 17.9 Å². The minimum Gasteiger partial charge on any atom is -0.333 e. The molecule has 31 heavy (non-hydrogen) atoms. The Hall–Kier alpha value is -3.15. The first-order valence-corrected chi connectivity index (χ1v) is 10.6. The highest BCUT2D eigenvalue weighted by atomic mass is 16.2. The van der Waals surface area contributed by atoms with Gasteiger partial charge in [0, 0.05) is 43.4 Å². The van der Waals surface area contributed by atoms with Gasteiger partial charge in [0.15, 0.2) is 0 Å². The lowest BCUT2D eigenvalue weighted by Crippen LogP contribution is -2.48. The second-order valence-electron chi connectivity index (χ2n) is 9.25. The molecule has 2 heterocycles. The number of imidazole rings is 1. The zero-order chi connectivity index (χ0) is 22.6. The van der Waals surface area contributed by atoms with Crippen LogP contribution in [0.5, 0.6) is 0 Å². The lowest BCUT2D eigenvalue weighted by molar-refractivity contribution is 0.181. The van der Waals surface area contributed by atoms with Gasteiger partial charge in [-0.3, -0.25) is 4.98 Å². The predicted molar refractivity (Wildman–Crippen MR) is 124 cm³/mol. The number of hydrogen-bond donors (Lipinski definition) is 1. The molecule has 1 aromatic carbocycles. The molecule has 0 radical (unpaired) electrons. The lowest BCUT2D eigenvalue weighted by atomic mass is 10.00.